The highest BCUT2D eigenvalue weighted by Crippen LogP contribution is 1.98. The lowest BCUT2D eigenvalue weighted by Crippen LogP contribution is -2.14. The van der Waals surface area contributed by atoms with Gasteiger partial charge in [-0.3, -0.25) is 0 Å². The number of carboxylic acid groups (broad SMARTS) is 1. The van der Waals surface area contributed by atoms with Crippen molar-refractivity contribution in [3.05, 3.63) is 22.6 Å². The molecule has 0 aliphatic carbocycles. The van der Waals surface area contributed by atoms with E-state index >= 15 is 0 Å². The van der Waals surface area contributed by atoms with Crippen LogP contribution in [0.25, 0.3) is 0 Å². The molecule has 0 saturated heterocycles. The van der Waals surface area contributed by atoms with Crippen molar-refractivity contribution in [2.75, 3.05) is 0 Å². The van der Waals surface area contributed by atoms with Crippen molar-refractivity contribution in [3.8, 4) is 0 Å². The Hall–Kier alpha value is -0.520. The molecular weight excluding hydrogens is 233 g/mol. The van der Waals surface area contributed by atoms with Crippen LogP contribution in [0.5, 0.6) is 0 Å². The van der Waals surface area contributed by atoms with E-state index in [1.54, 1.807) is 0 Å². The quantitative estimate of drug-likeness (QED) is 0.440. The molecule has 0 aromatic rings. The molecule has 0 spiro atoms. The number of aliphatic carboxylic acids is 1. The van der Waals surface area contributed by atoms with E-state index in [1.165, 1.54) is 0 Å². The molecule has 4 heteroatoms. The van der Waals surface area contributed by atoms with Crippen LogP contribution in [0.4, 0.5) is 0 Å². The van der Waals surface area contributed by atoms with Crippen LogP contribution in [0.15, 0.2) is 22.6 Å². The summed E-state index contributed by atoms with van der Waals surface area (Å²) in [6.07, 6.45) is 0. The Bertz CT molecular complexity index is 164. The van der Waals surface area contributed by atoms with Crippen LogP contribution in [0.3, 0.4) is 0 Å². The van der Waals surface area contributed by atoms with E-state index in [4.69, 9.17) is 5.11 Å². The van der Waals surface area contributed by atoms with Gasteiger partial charge in [-0.15, -0.1) is 0 Å². The topological polar surface area (TPSA) is 49.3 Å². The second kappa shape index (κ2) is 3.49. The van der Waals surface area contributed by atoms with Gasteiger partial charge in [0.1, 0.15) is 5.70 Å². The van der Waals surface area contributed by atoms with E-state index in [1.807, 2.05) is 22.6 Å². The lowest BCUT2D eigenvalue weighted by Gasteiger charge is -1.99. The molecule has 0 fully saturated rings. The molecule has 0 heterocycles. The average Bonchev–Trinajstić information content (AvgIpc) is 1.63. The Morgan fingerprint density at radius 3 is 2.11 bits per heavy atom. The standard InChI is InChI=1S/C5H6INO2/c1-3(5(8)9)7-4(2)6/h7H,1-2H2,(H,8,9). The van der Waals surface area contributed by atoms with Gasteiger partial charge < -0.3 is 10.4 Å². The van der Waals surface area contributed by atoms with Gasteiger partial charge in [-0.05, 0) is 22.6 Å². The second-order valence-electron chi connectivity index (χ2n) is 1.31. The van der Waals surface area contributed by atoms with E-state index in [0.717, 1.165) is 0 Å². The van der Waals surface area contributed by atoms with Gasteiger partial charge in [0.15, 0.2) is 0 Å². The Kier molecular flexibility index (Phi) is 3.29. The Morgan fingerprint density at radius 1 is 1.56 bits per heavy atom. The number of carbonyl (C=O) groups is 1. The largest absolute Gasteiger partial charge is 0.477 e. The van der Waals surface area contributed by atoms with Crippen molar-refractivity contribution in [1.82, 2.24) is 5.32 Å². The molecule has 50 valence electrons. The lowest BCUT2D eigenvalue weighted by atomic mass is 10.5. The highest BCUT2D eigenvalue weighted by Gasteiger charge is 2.00. The molecule has 0 atom stereocenters. The predicted molar refractivity (Wildman–Crippen MR) is 43.1 cm³/mol. The van der Waals surface area contributed by atoms with E-state index in [2.05, 4.69) is 18.5 Å². The van der Waals surface area contributed by atoms with Gasteiger partial charge in [0.2, 0.25) is 0 Å². The third-order valence-electron chi connectivity index (χ3n) is 0.545. The molecule has 0 aliphatic heterocycles. The summed E-state index contributed by atoms with van der Waals surface area (Å²) in [6, 6.07) is 0. The van der Waals surface area contributed by atoms with Gasteiger partial charge in [-0.25, -0.2) is 4.79 Å². The van der Waals surface area contributed by atoms with E-state index in [-0.39, 0.29) is 5.70 Å². The SMILES string of the molecule is C=C(I)NC(=C)C(=O)O. The van der Waals surface area contributed by atoms with Crippen LogP contribution < -0.4 is 5.32 Å². The van der Waals surface area contributed by atoms with Gasteiger partial charge in [0, 0.05) is 0 Å². The normalized spacial score (nSPS) is 8.11. The smallest absolute Gasteiger partial charge is 0.351 e. The number of rotatable bonds is 3. The van der Waals surface area contributed by atoms with Crippen molar-refractivity contribution < 1.29 is 9.90 Å². The summed E-state index contributed by atoms with van der Waals surface area (Å²) in [5.74, 6) is -1.06. The Morgan fingerprint density at radius 2 is 2.00 bits per heavy atom. The molecule has 0 radical (unpaired) electrons. The fraction of sp³-hybridized carbons (Fsp3) is 0. The van der Waals surface area contributed by atoms with Crippen LogP contribution in [-0.4, -0.2) is 11.1 Å². The van der Waals surface area contributed by atoms with Crippen molar-refractivity contribution in [2.45, 2.75) is 0 Å². The number of halogens is 1. The molecule has 0 aliphatic rings. The third-order valence-corrected chi connectivity index (χ3v) is 0.814. The Labute approximate surface area is 66.6 Å². The number of carboxylic acids is 1. The maximum absolute atomic E-state index is 10.0. The average molecular weight is 239 g/mol. The first kappa shape index (κ1) is 8.48. The first-order valence-electron chi connectivity index (χ1n) is 2.07. The van der Waals surface area contributed by atoms with Crippen molar-refractivity contribution in [2.24, 2.45) is 0 Å². The molecule has 0 aromatic carbocycles. The Balaban J connectivity index is 3.79. The van der Waals surface area contributed by atoms with Crippen molar-refractivity contribution >= 4 is 28.6 Å². The highest BCUT2D eigenvalue weighted by atomic mass is 127. The molecule has 0 unspecified atom stereocenters. The summed E-state index contributed by atoms with van der Waals surface area (Å²) in [4.78, 5) is 10.0. The third kappa shape index (κ3) is 4.01. The van der Waals surface area contributed by atoms with Crippen LogP contribution in [0, 0.1) is 0 Å². The summed E-state index contributed by atoms with van der Waals surface area (Å²) in [5, 5.41) is 10.7. The number of hydrogen-bond acceptors (Lipinski definition) is 2. The van der Waals surface area contributed by atoms with E-state index < -0.39 is 5.97 Å². The molecule has 2 N–H and O–H groups in total. The number of nitrogens with one attached hydrogen (secondary N) is 1. The molecular formula is C5H6INO2. The molecule has 3 nitrogen and oxygen atoms in total. The van der Waals surface area contributed by atoms with Gasteiger partial charge in [-0.1, -0.05) is 13.2 Å². The van der Waals surface area contributed by atoms with Crippen molar-refractivity contribution in [3.63, 3.8) is 0 Å². The minimum atomic E-state index is -1.06. The number of hydrogen-bond donors (Lipinski definition) is 2. The van der Waals surface area contributed by atoms with Crippen molar-refractivity contribution in [1.29, 1.82) is 0 Å². The monoisotopic (exact) mass is 239 g/mol. The van der Waals surface area contributed by atoms with Crippen LogP contribution in [0.2, 0.25) is 0 Å². The molecule has 0 bridgehead atoms. The van der Waals surface area contributed by atoms with Gasteiger partial charge >= 0.3 is 5.97 Å². The van der Waals surface area contributed by atoms with E-state index in [9.17, 15) is 4.79 Å². The highest BCUT2D eigenvalue weighted by molar-refractivity contribution is 14.1. The first-order valence-corrected chi connectivity index (χ1v) is 3.15. The first-order chi connectivity index (χ1) is 4.04. The van der Waals surface area contributed by atoms with Gasteiger partial charge in [0.05, 0.1) is 3.70 Å². The van der Waals surface area contributed by atoms with Gasteiger partial charge in [0.25, 0.3) is 0 Å². The molecule has 9 heavy (non-hydrogen) atoms. The zero-order valence-corrected chi connectivity index (χ0v) is 6.81. The summed E-state index contributed by atoms with van der Waals surface area (Å²) in [7, 11) is 0. The summed E-state index contributed by atoms with van der Waals surface area (Å²) >= 11 is 1.86. The maximum atomic E-state index is 10.0. The lowest BCUT2D eigenvalue weighted by molar-refractivity contribution is -0.132. The molecule has 0 saturated carbocycles. The van der Waals surface area contributed by atoms with E-state index in [0.29, 0.717) is 3.70 Å². The van der Waals surface area contributed by atoms with Crippen LogP contribution in [-0.2, 0) is 4.79 Å². The minimum Gasteiger partial charge on any atom is -0.477 e. The molecule has 0 rings (SSSR count). The zero-order chi connectivity index (χ0) is 7.44. The summed E-state index contributed by atoms with van der Waals surface area (Å²) in [6.45, 7) is 6.65. The van der Waals surface area contributed by atoms with Crippen LogP contribution in [0.1, 0.15) is 0 Å². The molecule has 0 amide bonds. The van der Waals surface area contributed by atoms with Crippen LogP contribution >= 0.6 is 22.6 Å². The predicted octanol–water partition coefficient (Wildman–Crippen LogP) is 1.08. The fourth-order valence-corrected chi connectivity index (χ4v) is 0.543. The molecule has 0 aromatic heterocycles. The summed E-state index contributed by atoms with van der Waals surface area (Å²) in [5.41, 5.74) is -0.0607. The zero-order valence-electron chi connectivity index (χ0n) is 4.65. The fourth-order valence-electron chi connectivity index (χ4n) is 0.217. The summed E-state index contributed by atoms with van der Waals surface area (Å²) < 4.78 is 0.542. The maximum Gasteiger partial charge on any atom is 0.351 e. The minimum absolute atomic E-state index is 0.0607. The van der Waals surface area contributed by atoms with Gasteiger partial charge in [-0.2, -0.15) is 0 Å². The second-order valence-corrected chi connectivity index (χ2v) is 2.62.